The van der Waals surface area contributed by atoms with Gasteiger partial charge in [0.2, 0.25) is 0 Å². The molecule has 1 nitrogen and oxygen atoms in total. The number of carbonyl (C=O) groups excluding carboxylic acids is 1. The summed E-state index contributed by atoms with van der Waals surface area (Å²) in [6.07, 6.45) is 2.91. The fourth-order valence-corrected chi connectivity index (χ4v) is 0.646. The highest BCUT2D eigenvalue weighted by Crippen LogP contribution is 2.12. The summed E-state index contributed by atoms with van der Waals surface area (Å²) in [7, 11) is 0. The SMILES string of the molecule is C/C(C=O)=C\C(C)C(C)C. The van der Waals surface area contributed by atoms with Crippen molar-refractivity contribution in [3.05, 3.63) is 11.6 Å². The van der Waals surface area contributed by atoms with Crippen LogP contribution in [0.15, 0.2) is 11.6 Å². The number of hydrogen-bond acceptors (Lipinski definition) is 1. The molecular weight excluding hydrogens is 124 g/mol. The van der Waals surface area contributed by atoms with E-state index in [9.17, 15) is 4.79 Å². The Kier molecular flexibility index (Phi) is 4.01. The second kappa shape index (κ2) is 4.26. The molecule has 0 saturated carbocycles. The second-order valence-electron chi connectivity index (χ2n) is 3.13. The van der Waals surface area contributed by atoms with Gasteiger partial charge >= 0.3 is 0 Å². The van der Waals surface area contributed by atoms with Crippen LogP contribution in [0.25, 0.3) is 0 Å². The number of hydrogen-bond donors (Lipinski definition) is 0. The molecule has 0 N–H and O–H groups in total. The Morgan fingerprint density at radius 3 is 2.10 bits per heavy atom. The Bertz CT molecular complexity index is 134. The van der Waals surface area contributed by atoms with Crippen LogP contribution in [-0.4, -0.2) is 6.29 Å². The van der Waals surface area contributed by atoms with Crippen LogP contribution >= 0.6 is 0 Å². The van der Waals surface area contributed by atoms with Crippen LogP contribution in [0.3, 0.4) is 0 Å². The van der Waals surface area contributed by atoms with Gasteiger partial charge in [0.05, 0.1) is 0 Å². The third-order valence-electron chi connectivity index (χ3n) is 1.76. The summed E-state index contributed by atoms with van der Waals surface area (Å²) in [5, 5.41) is 0. The minimum Gasteiger partial charge on any atom is -0.298 e. The lowest BCUT2D eigenvalue weighted by atomic mass is 9.96. The van der Waals surface area contributed by atoms with E-state index in [-0.39, 0.29) is 0 Å². The molecule has 0 spiro atoms. The summed E-state index contributed by atoms with van der Waals surface area (Å²) < 4.78 is 0. The minimum atomic E-state index is 0.505. The maximum atomic E-state index is 10.2. The first-order chi connectivity index (χ1) is 4.57. The molecule has 0 heterocycles. The van der Waals surface area contributed by atoms with E-state index in [0.29, 0.717) is 11.8 Å². The van der Waals surface area contributed by atoms with Crippen molar-refractivity contribution in [1.82, 2.24) is 0 Å². The molecule has 0 aromatic rings. The van der Waals surface area contributed by atoms with E-state index in [0.717, 1.165) is 11.9 Å². The van der Waals surface area contributed by atoms with Crippen molar-refractivity contribution in [3.63, 3.8) is 0 Å². The van der Waals surface area contributed by atoms with Crippen molar-refractivity contribution in [3.8, 4) is 0 Å². The summed E-state index contributed by atoms with van der Waals surface area (Å²) in [5.74, 6) is 1.13. The predicted octanol–water partition coefficient (Wildman–Crippen LogP) is 2.42. The molecule has 0 aromatic heterocycles. The van der Waals surface area contributed by atoms with Gasteiger partial charge < -0.3 is 0 Å². The summed E-state index contributed by atoms with van der Waals surface area (Å²) >= 11 is 0. The quantitative estimate of drug-likeness (QED) is 0.434. The number of rotatable bonds is 3. The lowest BCUT2D eigenvalue weighted by Crippen LogP contribution is -2.00. The van der Waals surface area contributed by atoms with E-state index < -0.39 is 0 Å². The molecule has 1 atom stereocenters. The van der Waals surface area contributed by atoms with Crippen molar-refractivity contribution < 1.29 is 4.79 Å². The Morgan fingerprint density at radius 1 is 1.30 bits per heavy atom. The molecule has 0 bridgehead atoms. The average molecular weight is 140 g/mol. The van der Waals surface area contributed by atoms with Crippen LogP contribution in [0.1, 0.15) is 27.7 Å². The van der Waals surface area contributed by atoms with Crippen LogP contribution in [0.2, 0.25) is 0 Å². The van der Waals surface area contributed by atoms with Crippen LogP contribution in [0.4, 0.5) is 0 Å². The molecule has 0 aliphatic rings. The molecule has 0 aliphatic heterocycles. The molecule has 10 heavy (non-hydrogen) atoms. The van der Waals surface area contributed by atoms with Gasteiger partial charge in [0.15, 0.2) is 0 Å². The summed E-state index contributed by atoms with van der Waals surface area (Å²) in [5.41, 5.74) is 0.834. The fraction of sp³-hybridized carbons (Fsp3) is 0.667. The maximum absolute atomic E-state index is 10.2. The molecule has 58 valence electrons. The van der Waals surface area contributed by atoms with Gasteiger partial charge in [-0.3, -0.25) is 4.79 Å². The first kappa shape index (κ1) is 9.41. The normalized spacial score (nSPS) is 15.5. The Morgan fingerprint density at radius 2 is 1.80 bits per heavy atom. The first-order valence-electron chi connectivity index (χ1n) is 3.71. The van der Waals surface area contributed by atoms with Gasteiger partial charge in [-0.2, -0.15) is 0 Å². The van der Waals surface area contributed by atoms with E-state index in [1.54, 1.807) is 0 Å². The third-order valence-corrected chi connectivity index (χ3v) is 1.76. The Balaban J connectivity index is 3.98. The molecule has 1 unspecified atom stereocenters. The van der Waals surface area contributed by atoms with Gasteiger partial charge in [-0.05, 0) is 24.3 Å². The van der Waals surface area contributed by atoms with Crippen molar-refractivity contribution >= 4 is 6.29 Å². The van der Waals surface area contributed by atoms with Gasteiger partial charge in [0.1, 0.15) is 6.29 Å². The third kappa shape index (κ3) is 3.44. The smallest absolute Gasteiger partial charge is 0.145 e. The van der Waals surface area contributed by atoms with Crippen LogP contribution in [-0.2, 0) is 4.79 Å². The number of carbonyl (C=O) groups is 1. The van der Waals surface area contributed by atoms with E-state index >= 15 is 0 Å². The highest BCUT2D eigenvalue weighted by Gasteiger charge is 2.02. The largest absolute Gasteiger partial charge is 0.298 e. The average Bonchev–Trinajstić information content (AvgIpc) is 1.87. The van der Waals surface area contributed by atoms with Crippen molar-refractivity contribution in [2.24, 2.45) is 11.8 Å². The molecule has 0 aromatic carbocycles. The Labute approximate surface area is 63.1 Å². The van der Waals surface area contributed by atoms with Crippen LogP contribution < -0.4 is 0 Å². The highest BCUT2D eigenvalue weighted by atomic mass is 16.1. The molecule has 0 amide bonds. The summed E-state index contributed by atoms with van der Waals surface area (Å²) in [6, 6.07) is 0. The fourth-order valence-electron chi connectivity index (χ4n) is 0.646. The van der Waals surface area contributed by atoms with Crippen LogP contribution in [0, 0.1) is 11.8 Å². The molecule has 0 fully saturated rings. The summed E-state index contributed by atoms with van der Waals surface area (Å²) in [4.78, 5) is 10.2. The molecule has 0 rings (SSSR count). The van der Waals surface area contributed by atoms with Gasteiger partial charge in [-0.25, -0.2) is 0 Å². The molecule has 0 radical (unpaired) electrons. The predicted molar refractivity (Wildman–Crippen MR) is 43.8 cm³/mol. The Hall–Kier alpha value is -0.590. The number of aldehydes is 1. The monoisotopic (exact) mass is 140 g/mol. The molecule has 0 saturated heterocycles. The maximum Gasteiger partial charge on any atom is 0.145 e. The van der Waals surface area contributed by atoms with E-state index in [4.69, 9.17) is 0 Å². The van der Waals surface area contributed by atoms with E-state index in [1.165, 1.54) is 0 Å². The van der Waals surface area contributed by atoms with E-state index in [1.807, 2.05) is 13.0 Å². The van der Waals surface area contributed by atoms with Crippen LogP contribution in [0.5, 0.6) is 0 Å². The first-order valence-corrected chi connectivity index (χ1v) is 3.71. The number of allylic oxidation sites excluding steroid dienone is 2. The molecule has 0 aliphatic carbocycles. The van der Waals surface area contributed by atoms with Gasteiger partial charge in [-0.15, -0.1) is 0 Å². The van der Waals surface area contributed by atoms with E-state index in [2.05, 4.69) is 20.8 Å². The lowest BCUT2D eigenvalue weighted by molar-refractivity contribution is -0.104. The highest BCUT2D eigenvalue weighted by molar-refractivity contribution is 5.72. The zero-order chi connectivity index (χ0) is 8.15. The zero-order valence-electron chi connectivity index (χ0n) is 7.22. The van der Waals surface area contributed by atoms with Gasteiger partial charge in [-0.1, -0.05) is 26.8 Å². The molecular formula is C9H16O. The van der Waals surface area contributed by atoms with Crippen molar-refractivity contribution in [2.75, 3.05) is 0 Å². The lowest BCUT2D eigenvalue weighted by Gasteiger charge is -2.09. The summed E-state index contributed by atoms with van der Waals surface area (Å²) in [6.45, 7) is 8.27. The second-order valence-corrected chi connectivity index (χ2v) is 3.13. The van der Waals surface area contributed by atoms with Crippen molar-refractivity contribution in [2.45, 2.75) is 27.7 Å². The topological polar surface area (TPSA) is 17.1 Å². The van der Waals surface area contributed by atoms with Crippen molar-refractivity contribution in [1.29, 1.82) is 0 Å². The minimum absolute atomic E-state index is 0.505. The zero-order valence-corrected chi connectivity index (χ0v) is 7.22. The van der Waals surface area contributed by atoms with Gasteiger partial charge in [0.25, 0.3) is 0 Å². The van der Waals surface area contributed by atoms with Gasteiger partial charge in [0, 0.05) is 0 Å². The molecule has 1 heteroatoms. The standard InChI is InChI=1S/C9H16O/c1-7(2)9(4)5-8(3)6-10/h5-7,9H,1-4H3/b8-5+.